The Bertz CT molecular complexity index is 825. The van der Waals surface area contributed by atoms with Crippen LogP contribution >= 0.6 is 0 Å². The Morgan fingerprint density at radius 3 is 1.48 bits per heavy atom. The molecule has 0 N–H and O–H groups in total. The van der Waals surface area contributed by atoms with Gasteiger partial charge >= 0.3 is 139 Å². The van der Waals surface area contributed by atoms with Gasteiger partial charge in [0.2, 0.25) is 0 Å². The molecule has 6 nitrogen and oxygen atoms in total. The minimum atomic E-state index is -0.552. The number of carbonyl (C=O) groups is 2. The summed E-state index contributed by atoms with van der Waals surface area (Å²) in [5.74, 6) is -0.473. The molecule has 0 unspecified atom stereocenters. The maximum absolute atomic E-state index is 12.5. The Morgan fingerprint density at radius 1 is 0.870 bits per heavy atom. The average molecular weight is 373 g/mol. The fraction of sp³-hybridized carbons (Fsp3) is 0.250. The van der Waals surface area contributed by atoms with E-state index in [-0.39, 0.29) is 11.8 Å². The molecule has 0 aliphatic carbocycles. The number of carbonyl (C=O) groups excluding carboxylic acids is 2. The van der Waals surface area contributed by atoms with E-state index < -0.39 is 14.5 Å². The van der Waals surface area contributed by atoms with Crippen molar-refractivity contribution in [2.45, 2.75) is 0 Å². The third kappa shape index (κ3) is 2.73. The van der Waals surface area contributed by atoms with Gasteiger partial charge in [0.1, 0.15) is 0 Å². The number of fused-ring (bicyclic) bond motifs is 1. The molecule has 7 heteroatoms. The monoisotopic (exact) mass is 374 g/mol. The average Bonchev–Trinajstić information content (AvgIpc) is 2.92. The second-order valence-corrected chi connectivity index (χ2v) is 7.44. The fourth-order valence-electron chi connectivity index (χ4n) is 2.17. The van der Waals surface area contributed by atoms with E-state index in [1.165, 1.54) is 21.9 Å². The summed E-state index contributed by atoms with van der Waals surface area (Å²) in [5.41, 5.74) is 0.625. The molecule has 0 spiro atoms. The molecule has 2 rings (SSSR count). The van der Waals surface area contributed by atoms with E-state index >= 15 is 0 Å². The van der Waals surface area contributed by atoms with Crippen LogP contribution in [0.3, 0.4) is 0 Å². The maximum atomic E-state index is 12.5. The van der Waals surface area contributed by atoms with Crippen molar-refractivity contribution in [2.24, 2.45) is 0 Å². The quantitative estimate of drug-likeness (QED) is 0.736. The van der Waals surface area contributed by atoms with Crippen LogP contribution in [0.2, 0.25) is 0 Å². The van der Waals surface area contributed by atoms with Gasteiger partial charge in [0.05, 0.1) is 0 Å². The summed E-state index contributed by atoms with van der Waals surface area (Å²) in [7, 11) is 6.49. The van der Waals surface area contributed by atoms with Gasteiger partial charge in [0, 0.05) is 0 Å². The molecular formula is C16H14N4O2Se. The van der Waals surface area contributed by atoms with Crippen molar-refractivity contribution in [1.29, 1.82) is 10.5 Å². The van der Waals surface area contributed by atoms with Gasteiger partial charge in [-0.3, -0.25) is 0 Å². The zero-order valence-corrected chi connectivity index (χ0v) is 14.9. The standard InChI is InChI=1S/C16H14N4O2Se/c1-19(2)15(21)13-11-9(7-17)5-6-10(8-18)12(11)14(23-13)16(22)20(3)4/h5-6H,1-4H3. The summed E-state index contributed by atoms with van der Waals surface area (Å²) in [5, 5.41) is 19.6. The zero-order valence-electron chi connectivity index (χ0n) is 13.2. The number of benzene rings is 1. The molecule has 2 amide bonds. The van der Waals surface area contributed by atoms with Crippen molar-refractivity contribution in [3.05, 3.63) is 32.1 Å². The molecular weight excluding hydrogens is 359 g/mol. The van der Waals surface area contributed by atoms with E-state index in [0.29, 0.717) is 30.8 Å². The normalized spacial score (nSPS) is 10.0. The van der Waals surface area contributed by atoms with Crippen LogP contribution in [0.4, 0.5) is 0 Å². The second kappa shape index (κ2) is 6.26. The second-order valence-electron chi connectivity index (χ2n) is 5.29. The van der Waals surface area contributed by atoms with Crippen LogP contribution in [-0.2, 0) is 0 Å². The molecule has 116 valence electrons. The van der Waals surface area contributed by atoms with Gasteiger partial charge in [-0.15, -0.1) is 0 Å². The Balaban J connectivity index is 3.00. The summed E-state index contributed by atoms with van der Waals surface area (Å²) in [6.45, 7) is 0. The molecule has 23 heavy (non-hydrogen) atoms. The van der Waals surface area contributed by atoms with Gasteiger partial charge in [-0.05, 0) is 0 Å². The van der Waals surface area contributed by atoms with Crippen LogP contribution in [0.5, 0.6) is 0 Å². The Kier molecular flexibility index (Phi) is 4.56. The van der Waals surface area contributed by atoms with Gasteiger partial charge in [-0.2, -0.15) is 0 Å². The Morgan fingerprint density at radius 2 is 1.22 bits per heavy atom. The number of amides is 2. The van der Waals surface area contributed by atoms with Gasteiger partial charge in [-0.25, -0.2) is 0 Å². The van der Waals surface area contributed by atoms with Crippen LogP contribution < -0.4 is 0 Å². The van der Waals surface area contributed by atoms with Gasteiger partial charge in [0.25, 0.3) is 0 Å². The number of hydrogen-bond donors (Lipinski definition) is 0. The topological polar surface area (TPSA) is 88.2 Å². The predicted octanol–water partition coefficient (Wildman–Crippen LogP) is 1.04. The number of nitrogens with zero attached hydrogens (tertiary/aromatic N) is 4. The number of hydrogen-bond acceptors (Lipinski definition) is 4. The van der Waals surface area contributed by atoms with Gasteiger partial charge in [0.15, 0.2) is 0 Å². The summed E-state index contributed by atoms with van der Waals surface area (Å²) < 4.78 is 0.882. The first-order chi connectivity index (χ1) is 10.8. The van der Waals surface area contributed by atoms with Crippen molar-refractivity contribution in [1.82, 2.24) is 9.80 Å². The SMILES string of the molecule is CN(C)C(=O)c1[se]c(C(=O)N(C)C)c2c(C#N)ccc(C#N)c12. The molecule has 0 radical (unpaired) electrons. The van der Waals surface area contributed by atoms with E-state index in [1.54, 1.807) is 28.2 Å². The van der Waals surface area contributed by atoms with Crippen molar-refractivity contribution in [2.75, 3.05) is 28.2 Å². The number of rotatable bonds is 2. The Hall–Kier alpha value is -2.60. The Labute approximate surface area is 139 Å². The summed E-state index contributed by atoms with van der Waals surface area (Å²) in [4.78, 5) is 27.8. The first kappa shape index (κ1) is 16.8. The van der Waals surface area contributed by atoms with Gasteiger partial charge in [-0.1, -0.05) is 0 Å². The molecule has 0 fully saturated rings. The molecule has 0 atom stereocenters. The molecule has 2 aromatic rings. The summed E-state index contributed by atoms with van der Waals surface area (Å²) in [6.07, 6.45) is 0. The molecule has 1 aromatic heterocycles. The third-order valence-corrected chi connectivity index (χ3v) is 5.75. The zero-order chi connectivity index (χ0) is 17.3. The molecule has 0 saturated carbocycles. The fourth-order valence-corrected chi connectivity index (χ4v) is 5.05. The molecule has 0 aliphatic heterocycles. The van der Waals surface area contributed by atoms with Crippen molar-refractivity contribution in [3.8, 4) is 12.1 Å². The number of nitriles is 2. The van der Waals surface area contributed by atoms with Crippen LogP contribution in [-0.4, -0.2) is 64.3 Å². The van der Waals surface area contributed by atoms with Crippen molar-refractivity contribution < 1.29 is 9.59 Å². The first-order valence-corrected chi connectivity index (χ1v) is 8.37. The summed E-state index contributed by atoms with van der Waals surface area (Å²) in [6, 6.07) is 7.18. The van der Waals surface area contributed by atoms with E-state index in [0.717, 1.165) is 0 Å². The van der Waals surface area contributed by atoms with E-state index in [9.17, 15) is 20.1 Å². The predicted molar refractivity (Wildman–Crippen MR) is 86.4 cm³/mol. The molecule has 0 aliphatic rings. The molecule has 1 aromatic carbocycles. The van der Waals surface area contributed by atoms with Crippen LogP contribution in [0, 0.1) is 22.7 Å². The minimum absolute atomic E-state index is 0.237. The van der Waals surface area contributed by atoms with E-state index in [1.807, 2.05) is 0 Å². The van der Waals surface area contributed by atoms with Crippen LogP contribution in [0.1, 0.15) is 29.6 Å². The van der Waals surface area contributed by atoms with Crippen LogP contribution in [0.25, 0.3) is 10.8 Å². The van der Waals surface area contributed by atoms with Crippen molar-refractivity contribution >= 4 is 37.1 Å². The third-order valence-electron chi connectivity index (χ3n) is 3.31. The van der Waals surface area contributed by atoms with Gasteiger partial charge < -0.3 is 0 Å². The van der Waals surface area contributed by atoms with Crippen molar-refractivity contribution in [3.63, 3.8) is 0 Å². The molecule has 1 heterocycles. The summed E-state index contributed by atoms with van der Waals surface area (Å²) >= 11 is -0.552. The van der Waals surface area contributed by atoms with E-state index in [4.69, 9.17) is 0 Å². The molecule has 0 bridgehead atoms. The van der Waals surface area contributed by atoms with E-state index in [2.05, 4.69) is 12.1 Å². The molecule has 0 saturated heterocycles. The first-order valence-electron chi connectivity index (χ1n) is 6.66. The van der Waals surface area contributed by atoms with Crippen LogP contribution in [0.15, 0.2) is 12.1 Å².